The Labute approximate surface area is 101 Å². The third-order valence-corrected chi connectivity index (χ3v) is 2.68. The highest BCUT2D eigenvalue weighted by atomic mass is 16.6. The lowest BCUT2D eigenvalue weighted by molar-refractivity contribution is -0.385. The Bertz CT molecular complexity index is 377. The maximum Gasteiger partial charge on any atom is 0.272 e. The fourth-order valence-corrected chi connectivity index (χ4v) is 1.88. The maximum atomic E-state index is 10.8. The SMILES string of the molecule is CC(C)CC(O)CCc1ccccc1[N+](=O)[O-]. The number of nitrogens with zero attached hydrogens (tertiary/aromatic N) is 1. The number of benzene rings is 1. The summed E-state index contributed by atoms with van der Waals surface area (Å²) in [5.74, 6) is 0.441. The molecule has 0 aliphatic rings. The Balaban J connectivity index is 2.60. The summed E-state index contributed by atoms with van der Waals surface area (Å²) in [4.78, 5) is 10.4. The van der Waals surface area contributed by atoms with E-state index in [9.17, 15) is 15.2 Å². The van der Waals surface area contributed by atoms with Gasteiger partial charge in [0.15, 0.2) is 0 Å². The summed E-state index contributed by atoms with van der Waals surface area (Å²) in [5.41, 5.74) is 0.838. The molecular formula is C13H19NO3. The summed E-state index contributed by atoms with van der Waals surface area (Å²) in [6.45, 7) is 4.10. The summed E-state index contributed by atoms with van der Waals surface area (Å²) in [5, 5.41) is 20.5. The average Bonchev–Trinajstić information content (AvgIpc) is 2.25. The zero-order chi connectivity index (χ0) is 12.8. The third kappa shape index (κ3) is 4.53. The number of hydrogen-bond donors (Lipinski definition) is 1. The van der Waals surface area contributed by atoms with E-state index >= 15 is 0 Å². The molecule has 1 aromatic carbocycles. The van der Waals surface area contributed by atoms with Crippen LogP contribution in [-0.2, 0) is 6.42 Å². The molecule has 0 spiro atoms. The van der Waals surface area contributed by atoms with Crippen LogP contribution in [0, 0.1) is 16.0 Å². The van der Waals surface area contributed by atoms with E-state index in [0.717, 1.165) is 6.42 Å². The molecule has 17 heavy (non-hydrogen) atoms. The van der Waals surface area contributed by atoms with Gasteiger partial charge in [0.25, 0.3) is 5.69 Å². The Morgan fingerprint density at radius 2 is 2.00 bits per heavy atom. The van der Waals surface area contributed by atoms with E-state index in [0.29, 0.717) is 24.3 Å². The van der Waals surface area contributed by atoms with Gasteiger partial charge in [0, 0.05) is 11.6 Å². The second-order valence-corrected chi connectivity index (χ2v) is 4.71. The van der Waals surface area contributed by atoms with Gasteiger partial charge < -0.3 is 5.11 Å². The first-order valence-electron chi connectivity index (χ1n) is 5.91. The number of nitro benzene ring substituents is 1. The van der Waals surface area contributed by atoms with E-state index in [1.807, 2.05) is 13.8 Å². The lowest BCUT2D eigenvalue weighted by Gasteiger charge is -2.12. The van der Waals surface area contributed by atoms with Gasteiger partial charge in [-0.15, -0.1) is 0 Å². The van der Waals surface area contributed by atoms with Crippen molar-refractivity contribution in [3.8, 4) is 0 Å². The Morgan fingerprint density at radius 3 is 2.59 bits per heavy atom. The molecule has 0 radical (unpaired) electrons. The van der Waals surface area contributed by atoms with Crippen molar-refractivity contribution >= 4 is 5.69 Å². The van der Waals surface area contributed by atoms with Gasteiger partial charge in [0.2, 0.25) is 0 Å². The summed E-state index contributed by atoms with van der Waals surface area (Å²) in [7, 11) is 0. The lowest BCUT2D eigenvalue weighted by atomic mass is 9.99. The van der Waals surface area contributed by atoms with Gasteiger partial charge in [0.1, 0.15) is 0 Å². The van der Waals surface area contributed by atoms with E-state index in [1.165, 1.54) is 6.07 Å². The molecule has 4 heteroatoms. The Kier molecular flexibility index (Phi) is 5.10. The third-order valence-electron chi connectivity index (χ3n) is 2.68. The lowest BCUT2D eigenvalue weighted by Crippen LogP contribution is -2.11. The largest absolute Gasteiger partial charge is 0.393 e. The van der Waals surface area contributed by atoms with Crippen LogP contribution < -0.4 is 0 Å². The summed E-state index contributed by atoms with van der Waals surface area (Å²) in [6, 6.07) is 6.70. The smallest absolute Gasteiger partial charge is 0.272 e. The van der Waals surface area contributed by atoms with Crippen molar-refractivity contribution in [2.45, 2.75) is 39.2 Å². The highest BCUT2D eigenvalue weighted by Gasteiger charge is 2.14. The second-order valence-electron chi connectivity index (χ2n) is 4.71. The van der Waals surface area contributed by atoms with Crippen LogP contribution >= 0.6 is 0 Å². The van der Waals surface area contributed by atoms with Gasteiger partial charge in [-0.05, 0) is 25.2 Å². The van der Waals surface area contributed by atoms with Crippen LogP contribution in [0.2, 0.25) is 0 Å². The first-order valence-corrected chi connectivity index (χ1v) is 5.91. The fraction of sp³-hybridized carbons (Fsp3) is 0.538. The van der Waals surface area contributed by atoms with Crippen molar-refractivity contribution in [1.82, 2.24) is 0 Å². The van der Waals surface area contributed by atoms with Gasteiger partial charge in [-0.25, -0.2) is 0 Å². The van der Waals surface area contributed by atoms with Crippen molar-refractivity contribution in [3.63, 3.8) is 0 Å². The molecule has 0 saturated heterocycles. The van der Waals surface area contributed by atoms with Gasteiger partial charge in [-0.2, -0.15) is 0 Å². The molecule has 1 unspecified atom stereocenters. The van der Waals surface area contributed by atoms with E-state index < -0.39 is 0 Å². The highest BCUT2D eigenvalue weighted by molar-refractivity contribution is 5.39. The molecule has 0 aromatic heterocycles. The number of aliphatic hydroxyl groups is 1. The molecule has 0 heterocycles. The molecule has 1 rings (SSSR count). The number of hydrogen-bond acceptors (Lipinski definition) is 3. The topological polar surface area (TPSA) is 63.4 Å². The minimum absolute atomic E-state index is 0.143. The first-order chi connectivity index (χ1) is 8.00. The minimum Gasteiger partial charge on any atom is -0.393 e. The molecular weight excluding hydrogens is 218 g/mol. The predicted octanol–water partition coefficient (Wildman–Crippen LogP) is 2.93. The molecule has 0 aliphatic carbocycles. The van der Waals surface area contributed by atoms with Crippen molar-refractivity contribution in [3.05, 3.63) is 39.9 Å². The van der Waals surface area contributed by atoms with Gasteiger partial charge in [0.05, 0.1) is 11.0 Å². The zero-order valence-corrected chi connectivity index (χ0v) is 10.3. The molecule has 94 valence electrons. The summed E-state index contributed by atoms with van der Waals surface area (Å²) >= 11 is 0. The minimum atomic E-state index is -0.380. The standard InChI is InChI=1S/C13H19NO3/c1-10(2)9-12(15)8-7-11-5-3-4-6-13(11)14(16)17/h3-6,10,12,15H,7-9H2,1-2H3. The molecule has 1 atom stereocenters. The Hall–Kier alpha value is -1.42. The monoisotopic (exact) mass is 237 g/mol. The molecule has 1 aromatic rings. The number of aliphatic hydroxyl groups excluding tert-OH is 1. The van der Waals surface area contributed by atoms with Crippen LogP contribution in [-0.4, -0.2) is 16.1 Å². The molecule has 0 aliphatic heterocycles. The summed E-state index contributed by atoms with van der Waals surface area (Å²) in [6.07, 6.45) is 1.48. The molecule has 0 saturated carbocycles. The number of rotatable bonds is 6. The second kappa shape index (κ2) is 6.35. The fourth-order valence-electron chi connectivity index (χ4n) is 1.88. The van der Waals surface area contributed by atoms with E-state index in [1.54, 1.807) is 18.2 Å². The van der Waals surface area contributed by atoms with Crippen molar-refractivity contribution in [2.75, 3.05) is 0 Å². The van der Waals surface area contributed by atoms with Gasteiger partial charge in [-0.3, -0.25) is 10.1 Å². The highest BCUT2D eigenvalue weighted by Crippen LogP contribution is 2.20. The van der Waals surface area contributed by atoms with E-state index in [-0.39, 0.29) is 16.7 Å². The maximum absolute atomic E-state index is 10.8. The Morgan fingerprint density at radius 1 is 1.35 bits per heavy atom. The van der Waals surface area contributed by atoms with Crippen LogP contribution in [0.25, 0.3) is 0 Å². The van der Waals surface area contributed by atoms with Gasteiger partial charge in [-0.1, -0.05) is 32.0 Å². The normalized spacial score (nSPS) is 12.7. The number of aryl methyl sites for hydroxylation is 1. The molecule has 0 amide bonds. The van der Waals surface area contributed by atoms with E-state index in [4.69, 9.17) is 0 Å². The van der Waals surface area contributed by atoms with Crippen molar-refractivity contribution < 1.29 is 10.0 Å². The van der Waals surface area contributed by atoms with Crippen LogP contribution in [0.1, 0.15) is 32.3 Å². The number of para-hydroxylation sites is 1. The van der Waals surface area contributed by atoms with Crippen LogP contribution in [0.3, 0.4) is 0 Å². The van der Waals surface area contributed by atoms with Crippen LogP contribution in [0.15, 0.2) is 24.3 Å². The molecule has 4 nitrogen and oxygen atoms in total. The van der Waals surface area contributed by atoms with Crippen LogP contribution in [0.4, 0.5) is 5.69 Å². The quantitative estimate of drug-likeness (QED) is 0.611. The van der Waals surface area contributed by atoms with Gasteiger partial charge >= 0.3 is 0 Å². The molecule has 0 bridgehead atoms. The van der Waals surface area contributed by atoms with Crippen LogP contribution in [0.5, 0.6) is 0 Å². The zero-order valence-electron chi connectivity index (χ0n) is 10.3. The summed E-state index contributed by atoms with van der Waals surface area (Å²) < 4.78 is 0. The first kappa shape index (κ1) is 13.6. The number of nitro groups is 1. The molecule has 1 N–H and O–H groups in total. The van der Waals surface area contributed by atoms with Crippen molar-refractivity contribution in [1.29, 1.82) is 0 Å². The molecule has 0 fully saturated rings. The average molecular weight is 237 g/mol. The van der Waals surface area contributed by atoms with Crippen molar-refractivity contribution in [2.24, 2.45) is 5.92 Å². The predicted molar refractivity (Wildman–Crippen MR) is 66.9 cm³/mol. The van der Waals surface area contributed by atoms with E-state index in [2.05, 4.69) is 0 Å².